The van der Waals surface area contributed by atoms with E-state index >= 15 is 0 Å². The van der Waals surface area contributed by atoms with Crippen molar-refractivity contribution in [1.82, 2.24) is 5.32 Å². The van der Waals surface area contributed by atoms with Gasteiger partial charge in [0.05, 0.1) is 3.79 Å². The Morgan fingerprint density at radius 2 is 2.21 bits per heavy atom. The van der Waals surface area contributed by atoms with E-state index in [0.29, 0.717) is 11.6 Å². The first-order chi connectivity index (χ1) is 9.17. The quantitative estimate of drug-likeness (QED) is 0.825. The van der Waals surface area contributed by atoms with Gasteiger partial charge in [-0.3, -0.25) is 0 Å². The first-order valence-corrected chi connectivity index (χ1v) is 7.96. The molecule has 19 heavy (non-hydrogen) atoms. The molecule has 1 atom stereocenters. The summed E-state index contributed by atoms with van der Waals surface area (Å²) in [6.07, 6.45) is 0.952. The number of thiophene rings is 1. The van der Waals surface area contributed by atoms with Crippen LogP contribution in [0.15, 0.2) is 40.2 Å². The summed E-state index contributed by atoms with van der Waals surface area (Å²) in [6, 6.07) is 12.0. The van der Waals surface area contributed by atoms with E-state index in [4.69, 9.17) is 16.3 Å². The van der Waals surface area contributed by atoms with Crippen LogP contribution in [0, 0.1) is 0 Å². The summed E-state index contributed by atoms with van der Waals surface area (Å²) in [7, 11) is 1.95. The molecule has 1 heterocycles. The molecule has 5 heteroatoms. The monoisotopic (exact) mass is 359 g/mol. The average Bonchev–Trinajstić information content (AvgIpc) is 2.80. The van der Waals surface area contributed by atoms with E-state index in [9.17, 15) is 0 Å². The summed E-state index contributed by atoms with van der Waals surface area (Å²) in [5.41, 5.74) is 0. The first kappa shape index (κ1) is 14.9. The summed E-state index contributed by atoms with van der Waals surface area (Å²) in [6.45, 7) is 0.617. The van der Waals surface area contributed by atoms with E-state index in [-0.39, 0.29) is 6.04 Å². The van der Waals surface area contributed by atoms with E-state index in [1.165, 1.54) is 4.88 Å². The van der Waals surface area contributed by atoms with Crippen molar-refractivity contribution < 1.29 is 4.74 Å². The van der Waals surface area contributed by atoms with E-state index in [1.807, 2.05) is 31.3 Å². The molecule has 1 N–H and O–H groups in total. The number of ether oxygens (including phenoxy) is 1. The lowest BCUT2D eigenvalue weighted by Crippen LogP contribution is -2.33. The highest BCUT2D eigenvalue weighted by molar-refractivity contribution is 9.11. The van der Waals surface area contributed by atoms with Crippen LogP contribution >= 0.6 is 38.9 Å². The molecular formula is C14H15BrClNOS. The fraction of sp³-hybridized carbons (Fsp3) is 0.286. The van der Waals surface area contributed by atoms with Gasteiger partial charge in [-0.15, -0.1) is 11.3 Å². The molecule has 1 aromatic carbocycles. The molecule has 102 valence electrons. The summed E-state index contributed by atoms with van der Waals surface area (Å²) in [4.78, 5) is 1.33. The molecule has 0 aliphatic rings. The molecule has 0 aliphatic carbocycles. The predicted molar refractivity (Wildman–Crippen MR) is 85.5 cm³/mol. The van der Waals surface area contributed by atoms with Crippen molar-refractivity contribution >= 4 is 38.9 Å². The van der Waals surface area contributed by atoms with Gasteiger partial charge in [0.2, 0.25) is 0 Å². The molecule has 2 aromatic rings. The van der Waals surface area contributed by atoms with Gasteiger partial charge in [-0.2, -0.15) is 0 Å². The van der Waals surface area contributed by atoms with Crippen LogP contribution in [-0.4, -0.2) is 19.7 Å². The van der Waals surface area contributed by atoms with Crippen LogP contribution in [0.2, 0.25) is 5.02 Å². The minimum Gasteiger partial charge on any atom is -0.492 e. The van der Waals surface area contributed by atoms with E-state index < -0.39 is 0 Å². The zero-order chi connectivity index (χ0) is 13.7. The van der Waals surface area contributed by atoms with Crippen LogP contribution in [0.3, 0.4) is 0 Å². The van der Waals surface area contributed by atoms with Crippen molar-refractivity contribution in [1.29, 1.82) is 0 Å². The lowest BCUT2D eigenvalue weighted by atomic mass is 10.2. The van der Waals surface area contributed by atoms with E-state index in [1.54, 1.807) is 11.3 Å². The number of benzene rings is 1. The van der Waals surface area contributed by atoms with E-state index in [0.717, 1.165) is 16.0 Å². The number of hydrogen-bond acceptors (Lipinski definition) is 3. The molecule has 0 radical (unpaired) electrons. The molecule has 1 aromatic heterocycles. The van der Waals surface area contributed by atoms with Gasteiger partial charge >= 0.3 is 0 Å². The van der Waals surface area contributed by atoms with Gasteiger partial charge in [0.1, 0.15) is 12.4 Å². The maximum Gasteiger partial charge on any atom is 0.120 e. The molecule has 0 bridgehead atoms. The third-order valence-corrected chi connectivity index (χ3v) is 4.61. The second-order valence-electron chi connectivity index (χ2n) is 4.16. The summed E-state index contributed by atoms with van der Waals surface area (Å²) in [5.74, 6) is 0.806. The summed E-state index contributed by atoms with van der Waals surface area (Å²) < 4.78 is 6.93. The fourth-order valence-corrected chi connectivity index (χ4v) is 3.45. The molecule has 0 saturated heterocycles. The normalized spacial score (nSPS) is 12.4. The first-order valence-electron chi connectivity index (χ1n) is 5.97. The smallest absolute Gasteiger partial charge is 0.120 e. The van der Waals surface area contributed by atoms with Crippen LogP contribution in [0.25, 0.3) is 0 Å². The fourth-order valence-electron chi connectivity index (χ4n) is 1.70. The zero-order valence-corrected chi connectivity index (χ0v) is 13.7. The summed E-state index contributed by atoms with van der Waals surface area (Å²) in [5, 5.41) is 3.97. The second-order valence-corrected chi connectivity index (χ2v) is 7.15. The number of hydrogen-bond donors (Lipinski definition) is 1. The Kier molecular flexibility index (Phi) is 5.70. The number of nitrogens with one attached hydrogen (secondary N) is 1. The van der Waals surface area contributed by atoms with Crippen molar-refractivity contribution in [3.05, 3.63) is 50.1 Å². The maximum absolute atomic E-state index is 5.93. The topological polar surface area (TPSA) is 21.3 Å². The number of likely N-dealkylation sites (N-methyl/N-ethyl adjacent to an activating group) is 1. The van der Waals surface area contributed by atoms with Crippen LogP contribution in [0.4, 0.5) is 0 Å². The Balaban J connectivity index is 1.89. The molecule has 0 aliphatic heterocycles. The molecule has 0 fully saturated rings. The van der Waals surface area contributed by atoms with Crippen LogP contribution in [0.1, 0.15) is 4.88 Å². The Hall–Kier alpha value is -0.550. The summed E-state index contributed by atoms with van der Waals surface area (Å²) >= 11 is 11.2. The van der Waals surface area contributed by atoms with Crippen molar-refractivity contribution in [2.24, 2.45) is 0 Å². The number of rotatable bonds is 6. The third-order valence-electron chi connectivity index (χ3n) is 2.73. The van der Waals surface area contributed by atoms with Crippen molar-refractivity contribution in [2.75, 3.05) is 13.7 Å². The zero-order valence-electron chi connectivity index (χ0n) is 10.5. The van der Waals surface area contributed by atoms with Gasteiger partial charge in [-0.1, -0.05) is 17.7 Å². The Morgan fingerprint density at radius 3 is 2.84 bits per heavy atom. The van der Waals surface area contributed by atoms with Crippen molar-refractivity contribution in [3.8, 4) is 5.75 Å². The third kappa shape index (κ3) is 4.80. The minimum absolute atomic E-state index is 0.282. The molecule has 1 unspecified atom stereocenters. The maximum atomic E-state index is 5.93. The van der Waals surface area contributed by atoms with Crippen LogP contribution < -0.4 is 10.1 Å². The molecule has 2 rings (SSSR count). The predicted octanol–water partition coefficient (Wildman–Crippen LogP) is 4.37. The highest BCUT2D eigenvalue weighted by Gasteiger charge is 2.10. The van der Waals surface area contributed by atoms with Gasteiger partial charge < -0.3 is 10.1 Å². The molecule has 0 saturated carbocycles. The van der Waals surface area contributed by atoms with Crippen LogP contribution in [-0.2, 0) is 6.42 Å². The molecule has 2 nitrogen and oxygen atoms in total. The van der Waals surface area contributed by atoms with Crippen molar-refractivity contribution in [2.45, 2.75) is 12.5 Å². The average molecular weight is 361 g/mol. The van der Waals surface area contributed by atoms with Gasteiger partial charge in [-0.25, -0.2) is 0 Å². The van der Waals surface area contributed by atoms with Gasteiger partial charge in [-0.05, 0) is 53.3 Å². The van der Waals surface area contributed by atoms with Gasteiger partial charge in [0.15, 0.2) is 0 Å². The molecular weight excluding hydrogens is 346 g/mol. The Labute approximate surface area is 130 Å². The lowest BCUT2D eigenvalue weighted by molar-refractivity contribution is 0.270. The number of halogens is 2. The van der Waals surface area contributed by atoms with Gasteiger partial charge in [0.25, 0.3) is 0 Å². The SMILES string of the molecule is CNC(COc1cccc(Cl)c1)Cc1ccc(Br)s1. The minimum atomic E-state index is 0.282. The highest BCUT2D eigenvalue weighted by atomic mass is 79.9. The second kappa shape index (κ2) is 7.29. The van der Waals surface area contributed by atoms with Crippen LogP contribution in [0.5, 0.6) is 5.75 Å². The molecule has 0 spiro atoms. The van der Waals surface area contributed by atoms with Crippen molar-refractivity contribution in [3.63, 3.8) is 0 Å². The Morgan fingerprint density at radius 1 is 1.37 bits per heavy atom. The van der Waals surface area contributed by atoms with E-state index in [2.05, 4.69) is 33.4 Å². The standard InChI is InChI=1S/C14H15BrClNOS/c1-17-11(8-13-5-6-14(15)19-13)9-18-12-4-2-3-10(16)7-12/h2-7,11,17H,8-9H2,1H3. The van der Waals surface area contributed by atoms with Gasteiger partial charge in [0, 0.05) is 22.4 Å². The highest BCUT2D eigenvalue weighted by Crippen LogP contribution is 2.23. The Bertz CT molecular complexity index is 532. The molecule has 0 amide bonds. The lowest BCUT2D eigenvalue weighted by Gasteiger charge is -2.16. The largest absolute Gasteiger partial charge is 0.492 e.